The van der Waals surface area contributed by atoms with Gasteiger partial charge in [0.1, 0.15) is 5.75 Å². The van der Waals surface area contributed by atoms with E-state index in [9.17, 15) is 0 Å². The fourth-order valence-electron chi connectivity index (χ4n) is 5.03. The van der Waals surface area contributed by atoms with Gasteiger partial charge in [-0.2, -0.15) is 0 Å². The molecule has 0 heterocycles. The van der Waals surface area contributed by atoms with Crippen LogP contribution >= 0.6 is 0 Å². The summed E-state index contributed by atoms with van der Waals surface area (Å²) in [6, 6.07) is 9.20. The van der Waals surface area contributed by atoms with Gasteiger partial charge in [0.2, 0.25) is 0 Å². The van der Waals surface area contributed by atoms with E-state index in [1.165, 1.54) is 95.5 Å². The predicted octanol–water partition coefficient (Wildman–Crippen LogP) is 9.62. The van der Waals surface area contributed by atoms with Crippen LogP contribution in [0.5, 0.6) is 5.75 Å². The van der Waals surface area contributed by atoms with E-state index >= 15 is 0 Å². The summed E-state index contributed by atoms with van der Waals surface area (Å²) in [5, 5.41) is 0. The zero-order valence-corrected chi connectivity index (χ0v) is 20.3. The Morgan fingerprint density at radius 2 is 1.57 bits per heavy atom. The zero-order chi connectivity index (χ0) is 21.4. The normalized spacial score (nSPS) is 16.2. The van der Waals surface area contributed by atoms with Gasteiger partial charge in [-0.1, -0.05) is 95.9 Å². The Hall–Kier alpha value is -1.24. The molecule has 0 fully saturated rings. The Bertz CT molecular complexity index is 571. The molecule has 0 spiro atoms. The first-order valence-electron chi connectivity index (χ1n) is 13.2. The molecule has 2 atom stereocenters. The van der Waals surface area contributed by atoms with Crippen LogP contribution in [0.1, 0.15) is 129 Å². The minimum Gasteiger partial charge on any atom is -0.494 e. The number of hydrogen-bond acceptors (Lipinski definition) is 1. The quantitative estimate of drug-likeness (QED) is 0.194. The SMILES string of the molecule is CCCCCCC(CCC)C(CC1=CCCCC1)c1ccc(OCCCCC)cc1. The molecule has 0 bridgehead atoms. The third-order valence-corrected chi connectivity index (χ3v) is 6.85. The molecule has 1 nitrogen and oxygen atoms in total. The van der Waals surface area contributed by atoms with E-state index in [4.69, 9.17) is 4.74 Å². The maximum Gasteiger partial charge on any atom is 0.119 e. The van der Waals surface area contributed by atoms with Gasteiger partial charge >= 0.3 is 0 Å². The van der Waals surface area contributed by atoms with Gasteiger partial charge in [0.05, 0.1) is 6.61 Å². The van der Waals surface area contributed by atoms with Gasteiger partial charge in [0.15, 0.2) is 0 Å². The lowest BCUT2D eigenvalue weighted by Crippen LogP contribution is -2.15. The van der Waals surface area contributed by atoms with Gasteiger partial charge in [-0.25, -0.2) is 0 Å². The zero-order valence-electron chi connectivity index (χ0n) is 20.3. The average Bonchev–Trinajstić information content (AvgIpc) is 2.79. The van der Waals surface area contributed by atoms with Crippen molar-refractivity contribution in [3.05, 3.63) is 41.5 Å². The molecule has 0 N–H and O–H groups in total. The molecule has 30 heavy (non-hydrogen) atoms. The fourth-order valence-corrected chi connectivity index (χ4v) is 5.03. The van der Waals surface area contributed by atoms with E-state index in [0.717, 1.165) is 24.7 Å². The number of ether oxygens (including phenoxy) is 1. The monoisotopic (exact) mass is 412 g/mol. The molecule has 0 saturated heterocycles. The number of rotatable bonds is 16. The first-order valence-corrected chi connectivity index (χ1v) is 13.2. The number of hydrogen-bond donors (Lipinski definition) is 0. The molecule has 0 aliphatic heterocycles. The van der Waals surface area contributed by atoms with Gasteiger partial charge < -0.3 is 4.74 Å². The molecule has 1 aromatic rings. The summed E-state index contributed by atoms with van der Waals surface area (Å²) in [6.45, 7) is 7.77. The molecule has 1 aromatic carbocycles. The molecular weight excluding hydrogens is 364 g/mol. The van der Waals surface area contributed by atoms with Crippen molar-refractivity contribution in [1.82, 2.24) is 0 Å². The summed E-state index contributed by atoms with van der Waals surface area (Å²) < 4.78 is 5.98. The Labute approximate surface area is 187 Å². The van der Waals surface area contributed by atoms with E-state index in [1.54, 1.807) is 5.57 Å². The Morgan fingerprint density at radius 3 is 2.23 bits per heavy atom. The summed E-state index contributed by atoms with van der Waals surface area (Å²) in [5.74, 6) is 2.52. The molecule has 0 radical (unpaired) electrons. The smallest absolute Gasteiger partial charge is 0.119 e. The van der Waals surface area contributed by atoms with Crippen LogP contribution < -0.4 is 4.74 Å². The van der Waals surface area contributed by atoms with Crippen LogP contribution in [-0.2, 0) is 0 Å². The van der Waals surface area contributed by atoms with Crippen molar-refractivity contribution in [2.75, 3.05) is 6.61 Å². The third-order valence-electron chi connectivity index (χ3n) is 6.85. The minimum atomic E-state index is 0.671. The molecule has 2 unspecified atom stereocenters. The maximum atomic E-state index is 5.98. The highest BCUT2D eigenvalue weighted by molar-refractivity contribution is 5.31. The number of allylic oxidation sites excluding steroid dienone is 2. The van der Waals surface area contributed by atoms with Gasteiger partial charge in [0.25, 0.3) is 0 Å². The van der Waals surface area contributed by atoms with E-state index in [1.807, 2.05) is 0 Å². The summed E-state index contributed by atoms with van der Waals surface area (Å²) in [6.07, 6.45) is 22.4. The third kappa shape index (κ3) is 9.27. The summed E-state index contributed by atoms with van der Waals surface area (Å²) in [4.78, 5) is 0. The van der Waals surface area contributed by atoms with Crippen molar-refractivity contribution < 1.29 is 4.74 Å². The van der Waals surface area contributed by atoms with Crippen LogP contribution in [0.4, 0.5) is 0 Å². The molecule has 1 heteroatoms. The summed E-state index contributed by atoms with van der Waals surface area (Å²) in [5.41, 5.74) is 3.26. The highest BCUT2D eigenvalue weighted by atomic mass is 16.5. The second-order valence-electron chi connectivity index (χ2n) is 9.44. The predicted molar refractivity (Wildman–Crippen MR) is 133 cm³/mol. The van der Waals surface area contributed by atoms with Crippen molar-refractivity contribution in [3.63, 3.8) is 0 Å². The second kappa shape index (κ2) is 15.5. The van der Waals surface area contributed by atoms with Crippen LogP contribution in [0, 0.1) is 5.92 Å². The standard InChI is InChI=1S/C29H48O/c1-4-7-9-13-18-26(15-6-3)29(24-25-16-11-10-12-17-25)27-19-21-28(22-20-27)30-23-14-8-5-2/h16,19-22,26,29H,4-15,17-18,23-24H2,1-3H3. The molecular formula is C29H48O. The van der Waals surface area contributed by atoms with Crippen LogP contribution in [0.15, 0.2) is 35.9 Å². The van der Waals surface area contributed by atoms with Crippen LogP contribution in [0.25, 0.3) is 0 Å². The lowest BCUT2D eigenvalue weighted by Gasteiger charge is -2.30. The first kappa shape index (κ1) is 25.0. The van der Waals surface area contributed by atoms with Crippen molar-refractivity contribution in [2.45, 2.75) is 123 Å². The van der Waals surface area contributed by atoms with Crippen molar-refractivity contribution >= 4 is 0 Å². The molecule has 0 amide bonds. The molecule has 170 valence electrons. The van der Waals surface area contributed by atoms with Crippen molar-refractivity contribution in [1.29, 1.82) is 0 Å². The topological polar surface area (TPSA) is 9.23 Å². The van der Waals surface area contributed by atoms with E-state index < -0.39 is 0 Å². The highest BCUT2D eigenvalue weighted by Gasteiger charge is 2.24. The van der Waals surface area contributed by atoms with E-state index in [2.05, 4.69) is 51.1 Å². The Kier molecular flexibility index (Phi) is 13.0. The van der Waals surface area contributed by atoms with E-state index in [0.29, 0.717) is 5.92 Å². The van der Waals surface area contributed by atoms with Crippen molar-refractivity contribution in [3.8, 4) is 5.75 Å². The van der Waals surface area contributed by atoms with Crippen LogP contribution in [0.3, 0.4) is 0 Å². The minimum absolute atomic E-state index is 0.671. The second-order valence-corrected chi connectivity index (χ2v) is 9.44. The van der Waals surface area contributed by atoms with Crippen LogP contribution in [0.2, 0.25) is 0 Å². The summed E-state index contributed by atoms with van der Waals surface area (Å²) >= 11 is 0. The van der Waals surface area contributed by atoms with Gasteiger partial charge in [-0.3, -0.25) is 0 Å². The number of benzene rings is 1. The Balaban J connectivity index is 2.09. The largest absolute Gasteiger partial charge is 0.494 e. The average molecular weight is 413 g/mol. The number of unbranched alkanes of at least 4 members (excludes halogenated alkanes) is 5. The van der Waals surface area contributed by atoms with Gasteiger partial charge in [0, 0.05) is 0 Å². The van der Waals surface area contributed by atoms with Gasteiger partial charge in [-0.15, -0.1) is 0 Å². The fraction of sp³-hybridized carbons (Fsp3) is 0.724. The maximum absolute atomic E-state index is 5.98. The highest BCUT2D eigenvalue weighted by Crippen LogP contribution is 2.39. The molecule has 1 aliphatic rings. The van der Waals surface area contributed by atoms with Crippen molar-refractivity contribution in [2.24, 2.45) is 5.92 Å². The molecule has 0 saturated carbocycles. The van der Waals surface area contributed by atoms with Gasteiger partial charge in [-0.05, 0) is 74.5 Å². The first-order chi connectivity index (χ1) is 14.8. The molecule has 0 aromatic heterocycles. The van der Waals surface area contributed by atoms with E-state index in [-0.39, 0.29) is 0 Å². The lowest BCUT2D eigenvalue weighted by molar-refractivity contribution is 0.305. The lowest BCUT2D eigenvalue weighted by atomic mass is 9.75. The Morgan fingerprint density at radius 1 is 0.800 bits per heavy atom. The van der Waals surface area contributed by atoms with Crippen LogP contribution in [-0.4, -0.2) is 6.61 Å². The molecule has 2 rings (SSSR count). The summed E-state index contributed by atoms with van der Waals surface area (Å²) in [7, 11) is 0. The molecule has 1 aliphatic carbocycles.